The van der Waals surface area contributed by atoms with Crippen molar-refractivity contribution in [2.45, 2.75) is 6.54 Å². The predicted molar refractivity (Wildman–Crippen MR) is 61.8 cm³/mol. The molecule has 0 radical (unpaired) electrons. The van der Waals surface area contributed by atoms with Gasteiger partial charge in [-0.05, 0) is 22.4 Å². The molecule has 1 aromatic heterocycles. The van der Waals surface area contributed by atoms with Gasteiger partial charge in [0.25, 0.3) is 10.2 Å². The zero-order valence-corrected chi connectivity index (χ0v) is 9.44. The summed E-state index contributed by atoms with van der Waals surface area (Å²) in [5, 5.41) is 7.86. The number of nitrogens with one attached hydrogen (secondary N) is 1. The quantitative estimate of drug-likeness (QED) is 0.851. The molecule has 2 rings (SSSR count). The number of nitrogens with two attached hydrogens (primary N) is 1. The molecule has 2 aromatic rings. The van der Waals surface area contributed by atoms with Crippen LogP contribution in [0.4, 0.5) is 0 Å². The molecule has 3 N–H and O–H groups in total. The first kappa shape index (κ1) is 10.6. The Bertz CT molecular complexity index is 575. The van der Waals surface area contributed by atoms with Crippen LogP contribution in [0.15, 0.2) is 29.6 Å². The van der Waals surface area contributed by atoms with E-state index < -0.39 is 10.2 Å². The Morgan fingerprint density at radius 2 is 2.07 bits per heavy atom. The van der Waals surface area contributed by atoms with E-state index in [1.54, 1.807) is 11.3 Å². The highest BCUT2D eigenvalue weighted by atomic mass is 32.2. The zero-order chi connectivity index (χ0) is 10.9. The molecular formula is C9H10N2O2S2. The summed E-state index contributed by atoms with van der Waals surface area (Å²) in [5.74, 6) is 0. The van der Waals surface area contributed by atoms with Crippen LogP contribution in [0.2, 0.25) is 0 Å². The van der Waals surface area contributed by atoms with Crippen molar-refractivity contribution in [2.24, 2.45) is 5.14 Å². The van der Waals surface area contributed by atoms with E-state index in [2.05, 4.69) is 4.72 Å². The smallest absolute Gasteiger partial charge is 0.216 e. The molecule has 1 heterocycles. The monoisotopic (exact) mass is 244 g/mol. The number of benzene rings is 1. The molecule has 0 aliphatic carbocycles. The van der Waals surface area contributed by atoms with Crippen molar-refractivity contribution in [2.75, 3.05) is 0 Å². The third-order valence-corrected chi connectivity index (χ3v) is 3.58. The second-order valence-electron chi connectivity index (χ2n) is 3.12. The summed E-state index contributed by atoms with van der Waals surface area (Å²) in [6.45, 7) is 0.239. The van der Waals surface area contributed by atoms with Crippen LogP contribution in [0.5, 0.6) is 0 Å². The Morgan fingerprint density at radius 3 is 2.80 bits per heavy atom. The molecule has 6 heteroatoms. The van der Waals surface area contributed by atoms with Crippen molar-refractivity contribution < 1.29 is 8.42 Å². The van der Waals surface area contributed by atoms with Gasteiger partial charge in [-0.1, -0.05) is 18.2 Å². The van der Waals surface area contributed by atoms with Crippen LogP contribution in [0, 0.1) is 0 Å². The van der Waals surface area contributed by atoms with Crippen LogP contribution in [0.25, 0.3) is 10.1 Å². The SMILES string of the molecule is NS(=O)(=O)N[14CH2]c1csc2ccccc12. The maximum atomic E-state index is 10.7. The molecular weight excluding hydrogens is 234 g/mol. The van der Waals surface area contributed by atoms with Gasteiger partial charge in [-0.15, -0.1) is 11.3 Å². The molecule has 0 fully saturated rings. The molecule has 0 spiro atoms. The summed E-state index contributed by atoms with van der Waals surface area (Å²) in [6.07, 6.45) is 0. The summed E-state index contributed by atoms with van der Waals surface area (Å²) in [7, 11) is -3.61. The second-order valence-corrected chi connectivity index (χ2v) is 5.41. The van der Waals surface area contributed by atoms with Crippen molar-refractivity contribution >= 4 is 31.6 Å². The summed E-state index contributed by atoms with van der Waals surface area (Å²) >= 11 is 1.59. The van der Waals surface area contributed by atoms with Crippen LogP contribution in [0.1, 0.15) is 5.56 Å². The minimum absolute atomic E-state index is 0.239. The maximum absolute atomic E-state index is 10.7. The van der Waals surface area contributed by atoms with E-state index in [0.717, 1.165) is 15.6 Å². The lowest BCUT2D eigenvalue weighted by Crippen LogP contribution is -2.30. The Morgan fingerprint density at radius 1 is 1.33 bits per heavy atom. The number of rotatable bonds is 3. The van der Waals surface area contributed by atoms with Gasteiger partial charge < -0.3 is 0 Å². The summed E-state index contributed by atoms with van der Waals surface area (Å²) < 4.78 is 24.9. The van der Waals surface area contributed by atoms with Crippen molar-refractivity contribution in [3.8, 4) is 0 Å². The van der Waals surface area contributed by atoms with Gasteiger partial charge >= 0.3 is 0 Å². The van der Waals surface area contributed by atoms with E-state index in [0.29, 0.717) is 0 Å². The normalized spacial score (nSPS) is 12.1. The molecule has 1 aromatic carbocycles. The first-order valence-electron chi connectivity index (χ1n) is 4.29. The summed E-state index contributed by atoms with van der Waals surface area (Å²) in [5.41, 5.74) is 0.949. The Hall–Kier alpha value is -0.950. The van der Waals surface area contributed by atoms with Gasteiger partial charge in [0.05, 0.1) is 0 Å². The van der Waals surface area contributed by atoms with Crippen LogP contribution < -0.4 is 9.86 Å². The second kappa shape index (κ2) is 3.90. The summed E-state index contributed by atoms with van der Waals surface area (Å²) in [6, 6.07) is 7.84. The van der Waals surface area contributed by atoms with E-state index >= 15 is 0 Å². The van der Waals surface area contributed by atoms with Crippen molar-refractivity contribution in [1.82, 2.24) is 4.72 Å². The lowest BCUT2D eigenvalue weighted by atomic mass is 10.2. The van der Waals surface area contributed by atoms with Gasteiger partial charge in [-0.2, -0.15) is 13.1 Å². The van der Waals surface area contributed by atoms with Crippen LogP contribution in [-0.4, -0.2) is 8.42 Å². The van der Waals surface area contributed by atoms with Gasteiger partial charge in [-0.3, -0.25) is 0 Å². The lowest BCUT2D eigenvalue weighted by molar-refractivity contribution is 0.583. The Balaban J connectivity index is 2.29. The molecule has 0 amide bonds. The molecule has 80 valence electrons. The molecule has 0 aliphatic heterocycles. The highest BCUT2D eigenvalue weighted by Gasteiger charge is 2.06. The van der Waals surface area contributed by atoms with Crippen LogP contribution >= 0.6 is 11.3 Å². The van der Waals surface area contributed by atoms with Crippen LogP contribution in [-0.2, 0) is 16.8 Å². The fourth-order valence-corrected chi connectivity index (χ4v) is 2.67. The third-order valence-electron chi connectivity index (χ3n) is 2.02. The van der Waals surface area contributed by atoms with E-state index in [9.17, 15) is 8.42 Å². The number of hydrogen-bond acceptors (Lipinski definition) is 3. The van der Waals surface area contributed by atoms with Gasteiger partial charge in [0.15, 0.2) is 0 Å². The zero-order valence-electron chi connectivity index (χ0n) is 7.80. The molecule has 0 atom stereocenters. The minimum Gasteiger partial charge on any atom is -0.216 e. The predicted octanol–water partition coefficient (Wildman–Crippen LogP) is 1.19. The molecule has 0 bridgehead atoms. The molecule has 15 heavy (non-hydrogen) atoms. The average Bonchev–Trinajstić information content (AvgIpc) is 2.57. The Kier molecular flexibility index (Phi) is 2.74. The highest BCUT2D eigenvalue weighted by Crippen LogP contribution is 2.25. The Labute approximate surface area is 91.9 Å². The largest absolute Gasteiger partial charge is 0.274 e. The van der Waals surface area contributed by atoms with Gasteiger partial charge in [-0.25, -0.2) is 5.14 Å². The third kappa shape index (κ3) is 2.54. The summed E-state index contributed by atoms with van der Waals surface area (Å²) in [4.78, 5) is 0. The number of hydrogen-bond donors (Lipinski definition) is 2. The van der Waals surface area contributed by atoms with E-state index in [-0.39, 0.29) is 6.54 Å². The average molecular weight is 244 g/mol. The standard InChI is InChI=1S/C9H10N2O2S2/c10-15(12,13)11-5-7-6-14-9-4-2-1-3-8(7)9/h1-4,6,11H,5H2,(H2,10,12,13)/i5+2. The highest BCUT2D eigenvalue weighted by molar-refractivity contribution is 7.87. The van der Waals surface area contributed by atoms with E-state index in [4.69, 9.17) is 5.14 Å². The molecule has 4 nitrogen and oxygen atoms in total. The van der Waals surface area contributed by atoms with Gasteiger partial charge in [0.1, 0.15) is 0 Å². The minimum atomic E-state index is -3.61. The molecule has 0 aliphatic rings. The number of fused-ring (bicyclic) bond motifs is 1. The van der Waals surface area contributed by atoms with E-state index in [1.807, 2.05) is 29.6 Å². The number of thiophene rings is 1. The molecule has 0 unspecified atom stereocenters. The van der Waals surface area contributed by atoms with Crippen molar-refractivity contribution in [3.63, 3.8) is 0 Å². The first-order valence-corrected chi connectivity index (χ1v) is 6.71. The van der Waals surface area contributed by atoms with E-state index in [1.165, 1.54) is 0 Å². The fourth-order valence-electron chi connectivity index (χ4n) is 1.35. The van der Waals surface area contributed by atoms with Gasteiger partial charge in [0.2, 0.25) is 0 Å². The fraction of sp³-hybridized carbons (Fsp3) is 0.111. The molecule has 0 saturated heterocycles. The van der Waals surface area contributed by atoms with Crippen molar-refractivity contribution in [1.29, 1.82) is 0 Å². The van der Waals surface area contributed by atoms with Crippen molar-refractivity contribution in [3.05, 3.63) is 35.2 Å². The topological polar surface area (TPSA) is 72.2 Å². The molecule has 0 saturated carbocycles. The van der Waals surface area contributed by atoms with Gasteiger partial charge in [0, 0.05) is 11.2 Å². The maximum Gasteiger partial charge on any atom is 0.274 e. The first-order chi connectivity index (χ1) is 7.06. The lowest BCUT2D eigenvalue weighted by Gasteiger charge is -2.00. The van der Waals surface area contributed by atoms with Crippen LogP contribution in [0.3, 0.4) is 0 Å².